The smallest absolute Gasteiger partial charge is 0.243 e. The molecule has 3 rings (SSSR count). The van der Waals surface area contributed by atoms with Crippen LogP contribution in [0.3, 0.4) is 0 Å². The second-order valence-corrected chi connectivity index (χ2v) is 10.1. The Hall–Kier alpha value is -3.47. The highest BCUT2D eigenvalue weighted by molar-refractivity contribution is 7.89. The third kappa shape index (κ3) is 7.77. The predicted octanol–water partition coefficient (Wildman–Crippen LogP) is 3.49. The first-order chi connectivity index (χ1) is 17.3. The first kappa shape index (κ1) is 27.1. The summed E-state index contributed by atoms with van der Waals surface area (Å²) in [5, 5.41) is 2.61. The summed E-state index contributed by atoms with van der Waals surface area (Å²) < 4.78 is 38.7. The Balaban J connectivity index is 1.84. The fraction of sp³-hybridized carbons (Fsp3) is 0.308. The lowest BCUT2D eigenvalue weighted by Crippen LogP contribution is -2.43. The maximum absolute atomic E-state index is 13.5. The van der Waals surface area contributed by atoms with E-state index in [2.05, 4.69) is 5.32 Å². The molecule has 10 heteroatoms. The Kier molecular flexibility index (Phi) is 9.80. The molecule has 36 heavy (non-hydrogen) atoms. The zero-order valence-electron chi connectivity index (χ0n) is 20.4. The van der Waals surface area contributed by atoms with Crippen molar-refractivity contribution in [3.63, 3.8) is 0 Å². The number of nitrogens with zero attached hydrogens (tertiary/aromatic N) is 2. The Morgan fingerprint density at radius 1 is 0.972 bits per heavy atom. The molecule has 0 unspecified atom stereocenters. The molecule has 0 radical (unpaired) electrons. The number of hydrogen-bond donors (Lipinski definition) is 1. The Labute approximate surface area is 211 Å². The number of hydrogen-bond acceptors (Lipinski definition) is 6. The minimum atomic E-state index is -4.00. The highest BCUT2D eigenvalue weighted by Crippen LogP contribution is 2.20. The molecule has 1 heterocycles. The summed E-state index contributed by atoms with van der Waals surface area (Å²) in [6.07, 6.45) is 1.95. The number of nitrogens with one attached hydrogen (secondary N) is 1. The summed E-state index contributed by atoms with van der Waals surface area (Å²) >= 11 is 0. The Morgan fingerprint density at radius 2 is 1.69 bits per heavy atom. The predicted molar refractivity (Wildman–Crippen MR) is 135 cm³/mol. The lowest BCUT2D eigenvalue weighted by atomic mass is 10.2. The van der Waals surface area contributed by atoms with E-state index >= 15 is 0 Å². The minimum absolute atomic E-state index is 0.0301. The molecule has 0 spiro atoms. The van der Waals surface area contributed by atoms with Crippen LogP contribution in [0.5, 0.6) is 0 Å². The monoisotopic (exact) mass is 513 g/mol. The van der Waals surface area contributed by atoms with E-state index in [1.165, 1.54) is 48.9 Å². The van der Waals surface area contributed by atoms with Crippen LogP contribution in [0.25, 0.3) is 0 Å². The number of benzene rings is 2. The summed E-state index contributed by atoms with van der Waals surface area (Å²) in [5.41, 5.74) is 1.40. The maximum Gasteiger partial charge on any atom is 0.243 e. The van der Waals surface area contributed by atoms with Crippen LogP contribution in [0.1, 0.15) is 24.7 Å². The minimum Gasteiger partial charge on any atom is -0.467 e. The van der Waals surface area contributed by atoms with Crippen molar-refractivity contribution in [2.45, 2.75) is 31.3 Å². The molecule has 0 saturated carbocycles. The molecule has 0 saturated heterocycles. The number of anilines is 1. The van der Waals surface area contributed by atoms with Gasteiger partial charge in [-0.1, -0.05) is 30.3 Å². The average molecular weight is 514 g/mol. The molecule has 3 aromatic rings. The van der Waals surface area contributed by atoms with Gasteiger partial charge in [0.1, 0.15) is 5.76 Å². The number of methoxy groups -OCH3 is 1. The van der Waals surface area contributed by atoms with Crippen LogP contribution in [0.4, 0.5) is 5.69 Å². The van der Waals surface area contributed by atoms with E-state index in [1.807, 2.05) is 30.3 Å². The molecule has 0 aliphatic rings. The molecule has 0 aliphatic carbocycles. The van der Waals surface area contributed by atoms with Gasteiger partial charge in [-0.05, 0) is 48.4 Å². The number of carbonyl (C=O) groups is 2. The van der Waals surface area contributed by atoms with Crippen LogP contribution in [0.15, 0.2) is 82.3 Å². The van der Waals surface area contributed by atoms with Crippen molar-refractivity contribution in [3.8, 4) is 0 Å². The third-order valence-electron chi connectivity index (χ3n) is 5.38. The van der Waals surface area contributed by atoms with E-state index < -0.39 is 10.0 Å². The topological polar surface area (TPSA) is 109 Å². The van der Waals surface area contributed by atoms with Crippen LogP contribution in [0, 0.1) is 0 Å². The van der Waals surface area contributed by atoms with Crippen molar-refractivity contribution in [3.05, 3.63) is 84.3 Å². The molecule has 192 valence electrons. The molecular formula is C26H31N3O6S. The summed E-state index contributed by atoms with van der Waals surface area (Å²) in [6.45, 7) is 2.00. The van der Waals surface area contributed by atoms with E-state index in [1.54, 1.807) is 17.0 Å². The van der Waals surface area contributed by atoms with E-state index in [9.17, 15) is 18.0 Å². The van der Waals surface area contributed by atoms with Crippen molar-refractivity contribution in [2.75, 3.05) is 32.1 Å². The summed E-state index contributed by atoms with van der Waals surface area (Å²) in [7, 11) is -2.46. The van der Waals surface area contributed by atoms with Crippen molar-refractivity contribution in [2.24, 2.45) is 0 Å². The normalized spacial score (nSPS) is 11.4. The lowest BCUT2D eigenvalue weighted by molar-refractivity contribution is -0.133. The molecule has 1 aromatic heterocycles. The quantitative estimate of drug-likeness (QED) is 0.351. The van der Waals surface area contributed by atoms with Crippen molar-refractivity contribution in [1.29, 1.82) is 0 Å². The van der Waals surface area contributed by atoms with E-state index in [-0.39, 0.29) is 36.3 Å². The maximum atomic E-state index is 13.5. The molecule has 0 fully saturated rings. The molecule has 0 bridgehead atoms. The van der Waals surface area contributed by atoms with Gasteiger partial charge in [-0.15, -0.1) is 0 Å². The molecule has 0 aliphatic heterocycles. The highest BCUT2D eigenvalue weighted by atomic mass is 32.2. The van der Waals surface area contributed by atoms with Crippen LogP contribution in [-0.2, 0) is 37.4 Å². The molecule has 2 aromatic carbocycles. The zero-order chi connectivity index (χ0) is 26.0. The molecule has 9 nitrogen and oxygen atoms in total. The van der Waals surface area contributed by atoms with Gasteiger partial charge in [-0.3, -0.25) is 9.59 Å². The first-order valence-corrected chi connectivity index (χ1v) is 12.9. The second kappa shape index (κ2) is 13.0. The van der Waals surface area contributed by atoms with Gasteiger partial charge in [0.2, 0.25) is 21.8 Å². The van der Waals surface area contributed by atoms with Gasteiger partial charge >= 0.3 is 0 Å². The van der Waals surface area contributed by atoms with Crippen molar-refractivity contribution < 1.29 is 27.2 Å². The zero-order valence-corrected chi connectivity index (χ0v) is 21.2. The fourth-order valence-electron chi connectivity index (χ4n) is 3.61. The lowest BCUT2D eigenvalue weighted by Gasteiger charge is -2.27. The largest absolute Gasteiger partial charge is 0.467 e. The summed E-state index contributed by atoms with van der Waals surface area (Å²) in [5.74, 6) is -0.0137. The Morgan fingerprint density at radius 3 is 2.31 bits per heavy atom. The SMILES string of the molecule is COCCCN(CC(=O)N(Cc1ccccc1)Cc1ccco1)S(=O)(=O)c1ccc(NC(C)=O)cc1. The van der Waals surface area contributed by atoms with Gasteiger partial charge in [0.15, 0.2) is 0 Å². The number of amides is 2. The first-order valence-electron chi connectivity index (χ1n) is 11.5. The van der Waals surface area contributed by atoms with Crippen LogP contribution in [-0.4, -0.2) is 56.2 Å². The number of ether oxygens (including phenoxy) is 1. The molecular weight excluding hydrogens is 482 g/mol. The summed E-state index contributed by atoms with van der Waals surface area (Å²) in [4.78, 5) is 26.4. The Bertz CT molecular complexity index is 1210. The van der Waals surface area contributed by atoms with Gasteiger partial charge in [0, 0.05) is 39.4 Å². The van der Waals surface area contributed by atoms with Gasteiger partial charge in [-0.25, -0.2) is 8.42 Å². The average Bonchev–Trinajstić information content (AvgIpc) is 3.37. The van der Waals surface area contributed by atoms with Gasteiger partial charge in [-0.2, -0.15) is 4.31 Å². The number of rotatable bonds is 13. The van der Waals surface area contributed by atoms with Gasteiger partial charge < -0.3 is 19.4 Å². The standard InChI is InChI=1S/C26H31N3O6S/c1-21(30)27-23-11-13-25(14-12-23)36(32,33)29(15-7-16-34-2)20-26(31)28(19-24-10-6-17-35-24)18-22-8-4-3-5-9-22/h3-6,8-14,17H,7,15-16,18-20H2,1-2H3,(H,27,30). The van der Waals surface area contributed by atoms with E-state index in [4.69, 9.17) is 9.15 Å². The van der Waals surface area contributed by atoms with Crippen LogP contribution in [0.2, 0.25) is 0 Å². The molecule has 1 N–H and O–H groups in total. The van der Waals surface area contributed by atoms with E-state index in [0.717, 1.165) is 5.56 Å². The second-order valence-electron chi connectivity index (χ2n) is 8.21. The summed E-state index contributed by atoms with van der Waals surface area (Å²) in [6, 6.07) is 18.9. The highest BCUT2D eigenvalue weighted by Gasteiger charge is 2.29. The van der Waals surface area contributed by atoms with E-state index in [0.29, 0.717) is 31.0 Å². The third-order valence-corrected chi connectivity index (χ3v) is 7.24. The van der Waals surface area contributed by atoms with Crippen molar-refractivity contribution in [1.82, 2.24) is 9.21 Å². The number of furan rings is 1. The van der Waals surface area contributed by atoms with Crippen LogP contribution >= 0.6 is 0 Å². The molecule has 0 atom stereocenters. The van der Waals surface area contributed by atoms with Crippen LogP contribution < -0.4 is 5.32 Å². The fourth-order valence-corrected chi connectivity index (χ4v) is 5.04. The van der Waals surface area contributed by atoms with Crippen molar-refractivity contribution >= 4 is 27.5 Å². The van der Waals surface area contributed by atoms with Gasteiger partial charge in [0.05, 0.1) is 24.2 Å². The van der Waals surface area contributed by atoms with Gasteiger partial charge in [0.25, 0.3) is 0 Å². The molecule has 2 amide bonds. The number of sulfonamides is 1. The number of carbonyl (C=O) groups excluding carboxylic acids is 2.